The van der Waals surface area contributed by atoms with Crippen molar-refractivity contribution in [1.29, 1.82) is 0 Å². The van der Waals surface area contributed by atoms with Crippen molar-refractivity contribution in [2.24, 2.45) is 23.3 Å². The van der Waals surface area contributed by atoms with Crippen LogP contribution in [0.1, 0.15) is 31.2 Å². The number of nitrogens with one attached hydrogen (secondary N) is 1. The Morgan fingerprint density at radius 2 is 1.81 bits per heavy atom. The lowest BCUT2D eigenvalue weighted by atomic mass is 9.81. The van der Waals surface area contributed by atoms with Crippen molar-refractivity contribution in [3.8, 4) is 22.5 Å². The number of carbonyl (C=O) groups excluding carboxylic acids is 2. The van der Waals surface area contributed by atoms with Crippen LogP contribution in [-0.4, -0.2) is 39.5 Å². The molecule has 0 unspecified atom stereocenters. The average molecular weight is 612 g/mol. The second kappa shape index (κ2) is 13.9. The van der Waals surface area contributed by atoms with Crippen LogP contribution in [0, 0.1) is 11.8 Å². The van der Waals surface area contributed by atoms with Crippen LogP contribution < -0.4 is 22.1 Å². The molecule has 4 aromatic rings. The number of nitrogens with zero attached hydrogens (tertiary/aromatic N) is 3. The molecule has 42 heavy (non-hydrogen) atoms. The Morgan fingerprint density at radius 3 is 2.45 bits per heavy atom. The fraction of sp³-hybridized carbons (Fsp3) is 0.300. The first-order valence-corrected chi connectivity index (χ1v) is 13.9. The van der Waals surface area contributed by atoms with Crippen molar-refractivity contribution in [2.45, 2.75) is 38.1 Å². The molecule has 10 nitrogen and oxygen atoms in total. The lowest BCUT2D eigenvalue weighted by molar-refractivity contribution is -0.130. The number of hydrogen-bond acceptors (Lipinski definition) is 8. The van der Waals surface area contributed by atoms with Gasteiger partial charge in [-0.1, -0.05) is 41.0 Å². The highest BCUT2D eigenvalue weighted by atomic mass is 35.5. The molecular formula is C30H32Cl2N6O4. The highest BCUT2D eigenvalue weighted by Crippen LogP contribution is 2.32. The third-order valence-electron chi connectivity index (χ3n) is 7.59. The van der Waals surface area contributed by atoms with Crippen molar-refractivity contribution in [3.05, 3.63) is 88.1 Å². The van der Waals surface area contributed by atoms with E-state index in [1.54, 1.807) is 42.7 Å². The summed E-state index contributed by atoms with van der Waals surface area (Å²) in [7, 11) is 0. The van der Waals surface area contributed by atoms with Gasteiger partial charge < -0.3 is 11.5 Å². The van der Waals surface area contributed by atoms with Gasteiger partial charge in [0.2, 0.25) is 5.91 Å². The number of halogens is 2. The monoisotopic (exact) mass is 610 g/mol. The van der Waals surface area contributed by atoms with E-state index in [0.29, 0.717) is 41.6 Å². The highest BCUT2D eigenvalue weighted by molar-refractivity contribution is 6.33. The van der Waals surface area contributed by atoms with E-state index in [0.717, 1.165) is 29.5 Å². The fourth-order valence-corrected chi connectivity index (χ4v) is 5.49. The zero-order valence-corrected chi connectivity index (χ0v) is 24.3. The van der Waals surface area contributed by atoms with Crippen LogP contribution in [-0.2, 0) is 16.0 Å². The number of H-pyrrole nitrogens is 1. The summed E-state index contributed by atoms with van der Waals surface area (Å²) in [5.41, 5.74) is 15.7. The Balaban J connectivity index is 0.00000405. The van der Waals surface area contributed by atoms with Gasteiger partial charge in [-0.3, -0.25) is 24.1 Å². The Hall–Kier alpha value is -3.83. The van der Waals surface area contributed by atoms with E-state index in [4.69, 9.17) is 23.1 Å². The molecule has 220 valence electrons. The highest BCUT2D eigenvalue weighted by Gasteiger charge is 2.35. The molecule has 5 N–H and O–H groups in total. The van der Waals surface area contributed by atoms with Gasteiger partial charge in [0.1, 0.15) is 0 Å². The van der Waals surface area contributed by atoms with Gasteiger partial charge in [0.05, 0.1) is 16.8 Å². The van der Waals surface area contributed by atoms with Crippen LogP contribution in [0.4, 0.5) is 5.69 Å². The summed E-state index contributed by atoms with van der Waals surface area (Å²) in [5.74, 6) is -1.13. The predicted molar refractivity (Wildman–Crippen MR) is 163 cm³/mol. The molecule has 0 saturated heterocycles. The van der Waals surface area contributed by atoms with Gasteiger partial charge >= 0.3 is 5.76 Å². The van der Waals surface area contributed by atoms with Crippen LogP contribution in [0.3, 0.4) is 0 Å². The minimum atomic E-state index is -0.981. The zero-order valence-electron chi connectivity index (χ0n) is 22.7. The molecule has 2 aromatic heterocycles. The molecule has 0 bridgehead atoms. The van der Waals surface area contributed by atoms with Crippen LogP contribution in [0.25, 0.3) is 22.5 Å². The first-order valence-electron chi connectivity index (χ1n) is 13.5. The van der Waals surface area contributed by atoms with Gasteiger partial charge in [0.25, 0.3) is 5.91 Å². The molecule has 2 heterocycles. The number of carbonyl (C=O) groups is 2. The van der Waals surface area contributed by atoms with Gasteiger partial charge in [-0.2, -0.15) is 0 Å². The number of benzene rings is 2. The Labute approximate surface area is 253 Å². The lowest BCUT2D eigenvalue weighted by Crippen LogP contribution is -2.50. The quantitative estimate of drug-likeness (QED) is 0.265. The van der Waals surface area contributed by atoms with Crippen LogP contribution >= 0.6 is 24.0 Å². The van der Waals surface area contributed by atoms with Crippen LogP contribution in [0.15, 0.2) is 76.3 Å². The normalized spacial score (nSPS) is 17.2. The molecule has 2 aromatic carbocycles. The third-order valence-corrected chi connectivity index (χ3v) is 7.92. The molecule has 1 aliphatic rings. The standard InChI is InChI=1S/C30H31ClN6O4.ClH/c31-25-12-13-34-17-24(25)22-3-1-2-19(14-22)15-26(33)29(39)37(28(38)21-6-4-18(16-32)5-7-21)23-10-8-20(9-11-23)27-35-30(40)41-36-27;/h1-3,8-14,17-18,21,26H,4-7,15-16,32-33H2,(H,35,36,40);1H/t18?,21?,26-;/m0./s1. The lowest BCUT2D eigenvalue weighted by Gasteiger charge is -2.32. The van der Waals surface area contributed by atoms with Gasteiger partial charge in [-0.25, -0.2) is 9.69 Å². The van der Waals surface area contributed by atoms with E-state index < -0.39 is 17.7 Å². The Bertz CT molecular complexity index is 1580. The number of aromatic amines is 1. The molecule has 1 saturated carbocycles. The average Bonchev–Trinajstić information content (AvgIpc) is 3.44. The number of amides is 2. The van der Waals surface area contributed by atoms with Crippen molar-refractivity contribution in [1.82, 2.24) is 15.1 Å². The van der Waals surface area contributed by atoms with Crippen molar-refractivity contribution >= 4 is 41.5 Å². The van der Waals surface area contributed by atoms with Gasteiger partial charge in [0.15, 0.2) is 5.82 Å². The number of pyridine rings is 1. The first kappa shape index (κ1) is 31.1. The number of rotatable bonds is 8. The fourth-order valence-electron chi connectivity index (χ4n) is 5.28. The minimum absolute atomic E-state index is 0. The van der Waals surface area contributed by atoms with E-state index in [-0.39, 0.29) is 36.5 Å². The number of aromatic nitrogens is 3. The molecule has 0 aliphatic heterocycles. The molecule has 0 radical (unpaired) electrons. The van der Waals surface area contributed by atoms with Gasteiger partial charge in [0, 0.05) is 29.4 Å². The number of imide groups is 1. The van der Waals surface area contributed by atoms with E-state index in [2.05, 4.69) is 19.6 Å². The van der Waals surface area contributed by atoms with Crippen LogP contribution in [0.5, 0.6) is 0 Å². The topological polar surface area (TPSA) is 161 Å². The van der Waals surface area contributed by atoms with E-state index >= 15 is 0 Å². The van der Waals surface area contributed by atoms with E-state index in [9.17, 15) is 14.4 Å². The molecule has 1 fully saturated rings. The minimum Gasteiger partial charge on any atom is -0.330 e. The molecule has 5 rings (SSSR count). The Kier molecular flexibility index (Phi) is 10.3. The summed E-state index contributed by atoms with van der Waals surface area (Å²) in [5, 5.41) is 4.26. The maximum Gasteiger partial charge on any atom is 0.439 e. The van der Waals surface area contributed by atoms with Crippen molar-refractivity contribution < 1.29 is 14.1 Å². The van der Waals surface area contributed by atoms with Crippen molar-refractivity contribution in [3.63, 3.8) is 0 Å². The molecule has 2 amide bonds. The molecule has 1 aliphatic carbocycles. The van der Waals surface area contributed by atoms with Gasteiger partial charge in [-0.05, 0) is 86.0 Å². The first-order chi connectivity index (χ1) is 19.8. The summed E-state index contributed by atoms with van der Waals surface area (Å²) in [4.78, 5) is 46.9. The molecule has 12 heteroatoms. The number of nitrogens with two attached hydrogens (primary N) is 2. The second-order valence-corrected chi connectivity index (χ2v) is 10.7. The smallest absolute Gasteiger partial charge is 0.330 e. The van der Waals surface area contributed by atoms with E-state index in [1.807, 2.05) is 24.3 Å². The number of anilines is 1. The molecule has 0 spiro atoms. The summed E-state index contributed by atoms with van der Waals surface area (Å²) in [6.07, 6.45) is 6.51. The molecule has 1 atom stereocenters. The Morgan fingerprint density at radius 1 is 1.07 bits per heavy atom. The SMILES string of the molecule is Cl.NCC1CCC(C(=O)N(C(=O)[C@@H](N)Cc2cccc(-c3cnccc3Cl)c2)c2ccc(-c3noc(=O)[nH]3)cc2)CC1. The second-order valence-electron chi connectivity index (χ2n) is 10.3. The van der Waals surface area contributed by atoms with Crippen molar-refractivity contribution in [2.75, 3.05) is 11.4 Å². The predicted octanol–water partition coefficient (Wildman–Crippen LogP) is 4.36. The summed E-state index contributed by atoms with van der Waals surface area (Å²) in [6.45, 7) is 0.587. The summed E-state index contributed by atoms with van der Waals surface area (Å²) >= 11 is 6.36. The number of hydrogen-bond donors (Lipinski definition) is 3. The third kappa shape index (κ3) is 6.96. The van der Waals surface area contributed by atoms with Gasteiger partial charge in [-0.15, -0.1) is 12.4 Å². The largest absolute Gasteiger partial charge is 0.439 e. The summed E-state index contributed by atoms with van der Waals surface area (Å²) in [6, 6.07) is 14.9. The summed E-state index contributed by atoms with van der Waals surface area (Å²) < 4.78 is 4.59. The van der Waals surface area contributed by atoms with Crippen LogP contribution in [0.2, 0.25) is 5.02 Å². The zero-order chi connectivity index (χ0) is 28.9. The van der Waals surface area contributed by atoms with E-state index in [1.165, 1.54) is 4.90 Å². The maximum absolute atomic E-state index is 13.9. The maximum atomic E-state index is 13.9. The molecular weight excluding hydrogens is 579 g/mol.